The first-order valence-corrected chi connectivity index (χ1v) is 7.19. The summed E-state index contributed by atoms with van der Waals surface area (Å²) in [7, 11) is 0. The van der Waals surface area contributed by atoms with Gasteiger partial charge in [-0.25, -0.2) is 4.98 Å². The smallest absolute Gasteiger partial charge is 0.255 e. The molecular weight excluding hydrogens is 245 g/mol. The Hall–Kier alpha value is -1.16. The van der Waals surface area contributed by atoms with Crippen molar-refractivity contribution in [3.05, 3.63) is 24.3 Å². The standard InChI is InChI=1S/C15H20FNO2/c16-14-13(5-4-9-17-14)19-12-6-10-18-15(11-12)7-2-1-3-8-15/h4-5,9,12H,1-3,6-8,10-11H2. The first-order valence-electron chi connectivity index (χ1n) is 7.19. The lowest BCUT2D eigenvalue weighted by Gasteiger charge is -2.43. The lowest BCUT2D eigenvalue weighted by Crippen LogP contribution is -2.45. The maximum atomic E-state index is 13.5. The molecule has 1 aliphatic carbocycles. The van der Waals surface area contributed by atoms with Gasteiger partial charge in [-0.05, 0) is 25.0 Å². The molecule has 104 valence electrons. The molecule has 3 nitrogen and oxygen atoms in total. The Morgan fingerprint density at radius 1 is 1.32 bits per heavy atom. The van der Waals surface area contributed by atoms with Crippen LogP contribution < -0.4 is 4.74 Å². The number of aromatic nitrogens is 1. The summed E-state index contributed by atoms with van der Waals surface area (Å²) in [4.78, 5) is 3.63. The number of hydrogen-bond acceptors (Lipinski definition) is 3. The van der Waals surface area contributed by atoms with Gasteiger partial charge in [-0.15, -0.1) is 0 Å². The molecular formula is C15H20FNO2. The number of pyridine rings is 1. The molecule has 1 aliphatic heterocycles. The van der Waals surface area contributed by atoms with Gasteiger partial charge in [0.2, 0.25) is 0 Å². The Morgan fingerprint density at radius 2 is 2.16 bits per heavy atom. The van der Waals surface area contributed by atoms with Crippen LogP contribution in [0, 0.1) is 5.95 Å². The van der Waals surface area contributed by atoms with Crippen LogP contribution in [0.15, 0.2) is 18.3 Å². The van der Waals surface area contributed by atoms with Gasteiger partial charge in [-0.1, -0.05) is 19.3 Å². The lowest BCUT2D eigenvalue weighted by molar-refractivity contribution is -0.130. The summed E-state index contributed by atoms with van der Waals surface area (Å²) in [5, 5.41) is 0. The van der Waals surface area contributed by atoms with E-state index in [0.717, 1.165) is 25.7 Å². The monoisotopic (exact) mass is 265 g/mol. The maximum absolute atomic E-state index is 13.5. The summed E-state index contributed by atoms with van der Waals surface area (Å²) >= 11 is 0. The van der Waals surface area contributed by atoms with E-state index < -0.39 is 5.95 Å². The third-order valence-corrected chi connectivity index (χ3v) is 4.23. The highest BCUT2D eigenvalue weighted by atomic mass is 19.1. The second-order valence-corrected chi connectivity index (χ2v) is 5.62. The summed E-state index contributed by atoms with van der Waals surface area (Å²) in [6.07, 6.45) is 9.18. The molecule has 19 heavy (non-hydrogen) atoms. The van der Waals surface area contributed by atoms with E-state index in [9.17, 15) is 4.39 Å². The molecule has 0 bridgehead atoms. The van der Waals surface area contributed by atoms with E-state index in [1.54, 1.807) is 12.1 Å². The summed E-state index contributed by atoms with van der Waals surface area (Å²) in [6, 6.07) is 3.35. The van der Waals surface area contributed by atoms with Crippen LogP contribution in [0.25, 0.3) is 0 Å². The van der Waals surface area contributed by atoms with Crippen molar-refractivity contribution in [2.45, 2.75) is 56.7 Å². The molecule has 0 amide bonds. The Morgan fingerprint density at radius 3 is 2.95 bits per heavy atom. The van der Waals surface area contributed by atoms with Crippen molar-refractivity contribution in [1.82, 2.24) is 4.98 Å². The molecule has 0 radical (unpaired) electrons. The van der Waals surface area contributed by atoms with Crippen LogP contribution in [0.3, 0.4) is 0 Å². The quantitative estimate of drug-likeness (QED) is 0.767. The van der Waals surface area contributed by atoms with Crippen molar-refractivity contribution < 1.29 is 13.9 Å². The highest BCUT2D eigenvalue weighted by molar-refractivity contribution is 5.18. The lowest BCUT2D eigenvalue weighted by atomic mass is 9.79. The van der Waals surface area contributed by atoms with Crippen LogP contribution in [0.5, 0.6) is 5.75 Å². The fraction of sp³-hybridized carbons (Fsp3) is 0.667. The van der Waals surface area contributed by atoms with Crippen LogP contribution in [0.2, 0.25) is 0 Å². The predicted octanol–water partition coefficient (Wildman–Crippen LogP) is 3.48. The highest BCUT2D eigenvalue weighted by Gasteiger charge is 2.39. The van der Waals surface area contributed by atoms with E-state index in [1.807, 2.05) is 0 Å². The minimum absolute atomic E-state index is 0.0140. The zero-order valence-electron chi connectivity index (χ0n) is 11.1. The minimum atomic E-state index is -0.522. The Labute approximate surface area is 113 Å². The van der Waals surface area contributed by atoms with E-state index in [-0.39, 0.29) is 17.5 Å². The van der Waals surface area contributed by atoms with Crippen molar-refractivity contribution in [1.29, 1.82) is 0 Å². The molecule has 0 aromatic carbocycles. The zero-order valence-corrected chi connectivity index (χ0v) is 11.1. The molecule has 1 aromatic heterocycles. The average molecular weight is 265 g/mol. The topological polar surface area (TPSA) is 31.4 Å². The summed E-state index contributed by atoms with van der Waals surface area (Å²) in [5.41, 5.74) is -0.0140. The Bertz CT molecular complexity index is 426. The van der Waals surface area contributed by atoms with Crippen LogP contribution in [0.4, 0.5) is 4.39 Å². The normalized spacial score (nSPS) is 26.3. The fourth-order valence-electron chi connectivity index (χ4n) is 3.27. The molecule has 2 heterocycles. The third-order valence-electron chi connectivity index (χ3n) is 4.23. The van der Waals surface area contributed by atoms with E-state index >= 15 is 0 Å². The number of halogens is 1. The van der Waals surface area contributed by atoms with E-state index in [0.29, 0.717) is 6.61 Å². The fourth-order valence-corrected chi connectivity index (χ4v) is 3.27. The van der Waals surface area contributed by atoms with Gasteiger partial charge in [-0.3, -0.25) is 0 Å². The number of hydrogen-bond donors (Lipinski definition) is 0. The van der Waals surface area contributed by atoms with Crippen LogP contribution in [0.1, 0.15) is 44.9 Å². The molecule has 1 spiro atoms. The summed E-state index contributed by atoms with van der Waals surface area (Å²) in [6.45, 7) is 0.715. The van der Waals surface area contributed by atoms with Gasteiger partial charge in [0.15, 0.2) is 5.75 Å². The van der Waals surface area contributed by atoms with Crippen molar-refractivity contribution >= 4 is 0 Å². The summed E-state index contributed by atoms with van der Waals surface area (Å²) < 4.78 is 25.3. The number of nitrogens with zero attached hydrogens (tertiary/aromatic N) is 1. The van der Waals surface area contributed by atoms with E-state index in [1.165, 1.54) is 25.5 Å². The predicted molar refractivity (Wildman–Crippen MR) is 69.6 cm³/mol. The van der Waals surface area contributed by atoms with Gasteiger partial charge in [-0.2, -0.15) is 4.39 Å². The van der Waals surface area contributed by atoms with Gasteiger partial charge >= 0.3 is 0 Å². The Kier molecular flexibility index (Phi) is 3.69. The minimum Gasteiger partial charge on any atom is -0.485 e. The molecule has 2 aliphatic rings. The average Bonchev–Trinajstić information content (AvgIpc) is 2.42. The van der Waals surface area contributed by atoms with Gasteiger partial charge in [0.25, 0.3) is 5.95 Å². The SMILES string of the molecule is Fc1ncccc1OC1CCOC2(CCCCC2)C1. The summed E-state index contributed by atoms with van der Waals surface area (Å²) in [5.74, 6) is -0.257. The van der Waals surface area contributed by atoms with Crippen LogP contribution >= 0.6 is 0 Å². The molecule has 1 saturated heterocycles. The molecule has 1 unspecified atom stereocenters. The zero-order chi connectivity index (χ0) is 13.1. The van der Waals surface area contributed by atoms with Gasteiger partial charge in [0.05, 0.1) is 12.2 Å². The largest absolute Gasteiger partial charge is 0.485 e. The number of rotatable bonds is 2. The van der Waals surface area contributed by atoms with Crippen LogP contribution in [-0.2, 0) is 4.74 Å². The molecule has 3 rings (SSSR count). The maximum Gasteiger partial charge on any atom is 0.255 e. The van der Waals surface area contributed by atoms with Crippen molar-refractivity contribution in [3.8, 4) is 5.75 Å². The van der Waals surface area contributed by atoms with Crippen molar-refractivity contribution in [2.24, 2.45) is 0 Å². The van der Waals surface area contributed by atoms with Crippen LogP contribution in [-0.4, -0.2) is 23.3 Å². The van der Waals surface area contributed by atoms with E-state index in [4.69, 9.17) is 9.47 Å². The molecule has 1 aromatic rings. The third kappa shape index (κ3) is 2.89. The van der Waals surface area contributed by atoms with Crippen molar-refractivity contribution in [2.75, 3.05) is 6.61 Å². The molecule has 4 heteroatoms. The van der Waals surface area contributed by atoms with Gasteiger partial charge in [0.1, 0.15) is 6.10 Å². The Balaban J connectivity index is 1.67. The van der Waals surface area contributed by atoms with Gasteiger partial charge < -0.3 is 9.47 Å². The second kappa shape index (κ2) is 5.45. The van der Waals surface area contributed by atoms with E-state index in [2.05, 4.69) is 4.98 Å². The van der Waals surface area contributed by atoms with Gasteiger partial charge in [0, 0.05) is 19.0 Å². The van der Waals surface area contributed by atoms with Crippen molar-refractivity contribution in [3.63, 3.8) is 0 Å². The molecule has 1 atom stereocenters. The molecule has 1 saturated carbocycles. The molecule has 2 fully saturated rings. The first kappa shape index (κ1) is 12.9. The first-order chi connectivity index (χ1) is 9.27. The number of ether oxygens (including phenoxy) is 2. The second-order valence-electron chi connectivity index (χ2n) is 5.62. The molecule has 0 N–H and O–H groups in total. The highest BCUT2D eigenvalue weighted by Crippen LogP contribution is 2.39.